The number of alkyl halides is 3. The van der Waals surface area contributed by atoms with Crippen LogP contribution in [0.2, 0.25) is 0 Å². The molecule has 0 aliphatic carbocycles. The van der Waals surface area contributed by atoms with Crippen LogP contribution in [0.5, 0.6) is 0 Å². The fourth-order valence-corrected chi connectivity index (χ4v) is 1.22. The van der Waals surface area contributed by atoms with E-state index in [0.717, 1.165) is 31.8 Å². The minimum absolute atomic E-state index is 0.0559. The Bertz CT molecular complexity index is 185. The van der Waals surface area contributed by atoms with Crippen molar-refractivity contribution in [3.8, 4) is 0 Å². The predicted molar refractivity (Wildman–Crippen MR) is 54.5 cm³/mol. The molecule has 0 unspecified atom stereocenters. The Morgan fingerprint density at radius 2 is 1.80 bits per heavy atom. The van der Waals surface area contributed by atoms with Gasteiger partial charge in [-0.3, -0.25) is 0 Å². The number of allylic oxidation sites excluding steroid dienone is 2. The maximum Gasteiger partial charge on any atom is 0.448 e. The maximum atomic E-state index is 12.3. The summed E-state index contributed by atoms with van der Waals surface area (Å²) >= 11 is 0. The highest BCUT2D eigenvalue weighted by Gasteiger charge is 2.35. The molecule has 0 aromatic heterocycles. The SMILES string of the molecule is CCCCCC/C=C(/OCC)C(F)(F)F. The van der Waals surface area contributed by atoms with Crippen molar-refractivity contribution in [3.05, 3.63) is 11.8 Å². The second-order valence-electron chi connectivity index (χ2n) is 3.35. The molecular weight excluding hydrogens is 205 g/mol. The van der Waals surface area contributed by atoms with E-state index in [1.54, 1.807) is 6.92 Å². The lowest BCUT2D eigenvalue weighted by Gasteiger charge is -2.11. The van der Waals surface area contributed by atoms with Gasteiger partial charge in [-0.15, -0.1) is 0 Å². The summed E-state index contributed by atoms with van der Waals surface area (Å²) < 4.78 is 41.4. The number of hydrogen-bond donors (Lipinski definition) is 0. The molecule has 0 saturated heterocycles. The van der Waals surface area contributed by atoms with Gasteiger partial charge in [0.15, 0.2) is 5.76 Å². The molecule has 0 fully saturated rings. The standard InChI is InChI=1S/C11H19F3O/c1-3-5-6-7-8-9-10(15-4-2)11(12,13)14/h9H,3-8H2,1-2H3/b10-9+. The van der Waals surface area contributed by atoms with Gasteiger partial charge in [-0.1, -0.05) is 26.2 Å². The number of hydrogen-bond acceptors (Lipinski definition) is 1. The van der Waals surface area contributed by atoms with Crippen molar-refractivity contribution in [3.63, 3.8) is 0 Å². The number of ether oxygens (including phenoxy) is 1. The first kappa shape index (κ1) is 14.3. The first-order chi connectivity index (χ1) is 7.02. The van der Waals surface area contributed by atoms with Crippen molar-refractivity contribution < 1.29 is 17.9 Å². The zero-order chi connectivity index (χ0) is 11.7. The zero-order valence-corrected chi connectivity index (χ0v) is 9.36. The molecule has 0 bridgehead atoms. The van der Waals surface area contributed by atoms with Crippen molar-refractivity contribution in [2.75, 3.05) is 6.61 Å². The third-order valence-corrected chi connectivity index (χ3v) is 1.97. The minimum Gasteiger partial charge on any atom is -0.489 e. The molecule has 0 aliphatic rings. The Labute approximate surface area is 89.3 Å². The zero-order valence-electron chi connectivity index (χ0n) is 9.36. The molecule has 0 aromatic rings. The number of rotatable bonds is 7. The summed E-state index contributed by atoms with van der Waals surface area (Å²) in [5, 5.41) is 0. The van der Waals surface area contributed by atoms with Crippen molar-refractivity contribution in [1.29, 1.82) is 0 Å². The average Bonchev–Trinajstić information content (AvgIpc) is 2.14. The van der Waals surface area contributed by atoms with Crippen LogP contribution in [0.25, 0.3) is 0 Å². The normalized spacial score (nSPS) is 13.0. The van der Waals surface area contributed by atoms with Crippen LogP contribution in [-0.4, -0.2) is 12.8 Å². The summed E-state index contributed by atoms with van der Waals surface area (Å²) in [4.78, 5) is 0. The second-order valence-corrected chi connectivity index (χ2v) is 3.35. The summed E-state index contributed by atoms with van der Waals surface area (Å²) in [7, 11) is 0. The molecule has 0 rings (SSSR count). The molecule has 0 aromatic carbocycles. The van der Waals surface area contributed by atoms with Gasteiger partial charge in [-0.2, -0.15) is 13.2 Å². The van der Waals surface area contributed by atoms with E-state index in [0.29, 0.717) is 6.42 Å². The topological polar surface area (TPSA) is 9.23 Å². The first-order valence-electron chi connectivity index (χ1n) is 5.42. The Morgan fingerprint density at radius 1 is 1.13 bits per heavy atom. The van der Waals surface area contributed by atoms with Gasteiger partial charge >= 0.3 is 6.18 Å². The Kier molecular flexibility index (Phi) is 7.26. The Morgan fingerprint density at radius 3 is 2.27 bits per heavy atom. The van der Waals surface area contributed by atoms with E-state index in [4.69, 9.17) is 0 Å². The molecule has 90 valence electrons. The molecule has 0 heterocycles. The first-order valence-corrected chi connectivity index (χ1v) is 5.42. The molecule has 0 aliphatic heterocycles. The van der Waals surface area contributed by atoms with E-state index in [2.05, 4.69) is 11.7 Å². The van der Waals surface area contributed by atoms with E-state index >= 15 is 0 Å². The van der Waals surface area contributed by atoms with Crippen LogP contribution >= 0.6 is 0 Å². The van der Waals surface area contributed by atoms with Gasteiger partial charge in [0.05, 0.1) is 6.61 Å². The van der Waals surface area contributed by atoms with Crippen molar-refractivity contribution in [2.45, 2.75) is 52.1 Å². The predicted octanol–water partition coefficient (Wildman–Crippen LogP) is 4.44. The third kappa shape index (κ3) is 7.28. The van der Waals surface area contributed by atoms with Crippen LogP contribution in [0.3, 0.4) is 0 Å². The van der Waals surface area contributed by atoms with Gasteiger partial charge < -0.3 is 4.74 Å². The van der Waals surface area contributed by atoms with Crippen LogP contribution in [0.4, 0.5) is 13.2 Å². The molecule has 0 N–H and O–H groups in total. The van der Waals surface area contributed by atoms with Crippen LogP contribution in [0.15, 0.2) is 11.8 Å². The summed E-state index contributed by atoms with van der Waals surface area (Å²) in [6.45, 7) is 3.67. The van der Waals surface area contributed by atoms with Gasteiger partial charge in [0, 0.05) is 0 Å². The summed E-state index contributed by atoms with van der Waals surface area (Å²) in [5.74, 6) is -0.846. The monoisotopic (exact) mass is 224 g/mol. The fraction of sp³-hybridized carbons (Fsp3) is 0.818. The molecule has 4 heteroatoms. The van der Waals surface area contributed by atoms with E-state index in [1.165, 1.54) is 0 Å². The lowest BCUT2D eigenvalue weighted by Crippen LogP contribution is -2.14. The van der Waals surface area contributed by atoms with E-state index in [-0.39, 0.29) is 6.61 Å². The smallest absolute Gasteiger partial charge is 0.448 e. The van der Waals surface area contributed by atoms with Gasteiger partial charge in [0.25, 0.3) is 0 Å². The van der Waals surface area contributed by atoms with Gasteiger partial charge in [0.1, 0.15) is 0 Å². The molecule has 0 saturated carbocycles. The maximum absolute atomic E-state index is 12.3. The molecular formula is C11H19F3O. The highest BCUT2D eigenvalue weighted by atomic mass is 19.4. The third-order valence-electron chi connectivity index (χ3n) is 1.97. The van der Waals surface area contributed by atoms with Gasteiger partial charge in [-0.25, -0.2) is 0 Å². The molecule has 0 spiro atoms. The quantitative estimate of drug-likeness (QED) is 0.459. The molecule has 0 atom stereocenters. The van der Waals surface area contributed by atoms with E-state index < -0.39 is 11.9 Å². The van der Waals surface area contributed by atoms with Crippen molar-refractivity contribution in [2.24, 2.45) is 0 Å². The van der Waals surface area contributed by atoms with E-state index in [1.807, 2.05) is 0 Å². The summed E-state index contributed by atoms with van der Waals surface area (Å²) in [6, 6.07) is 0. The van der Waals surface area contributed by atoms with Crippen LogP contribution in [0.1, 0.15) is 46.0 Å². The lowest BCUT2D eigenvalue weighted by atomic mass is 10.1. The largest absolute Gasteiger partial charge is 0.489 e. The molecule has 0 radical (unpaired) electrons. The minimum atomic E-state index is -4.35. The Hall–Kier alpha value is -0.670. The molecule has 15 heavy (non-hydrogen) atoms. The summed E-state index contributed by atoms with van der Waals surface area (Å²) in [5.41, 5.74) is 0. The van der Waals surface area contributed by atoms with Crippen LogP contribution in [0, 0.1) is 0 Å². The van der Waals surface area contributed by atoms with Crippen molar-refractivity contribution in [1.82, 2.24) is 0 Å². The highest BCUT2D eigenvalue weighted by molar-refractivity contribution is 5.00. The number of halogens is 3. The summed E-state index contributed by atoms with van der Waals surface area (Å²) in [6.07, 6.45) is 1.17. The lowest BCUT2D eigenvalue weighted by molar-refractivity contribution is -0.130. The highest BCUT2D eigenvalue weighted by Crippen LogP contribution is 2.27. The molecule has 0 amide bonds. The van der Waals surface area contributed by atoms with Crippen molar-refractivity contribution >= 4 is 0 Å². The van der Waals surface area contributed by atoms with Gasteiger partial charge in [0.2, 0.25) is 0 Å². The van der Waals surface area contributed by atoms with Gasteiger partial charge in [-0.05, 0) is 25.8 Å². The Balaban J connectivity index is 3.96. The fourth-order valence-electron chi connectivity index (χ4n) is 1.22. The van der Waals surface area contributed by atoms with E-state index in [9.17, 15) is 13.2 Å². The molecule has 1 nitrogen and oxygen atoms in total. The van der Waals surface area contributed by atoms with Crippen LogP contribution < -0.4 is 0 Å². The second kappa shape index (κ2) is 7.60. The average molecular weight is 224 g/mol. The number of unbranched alkanes of at least 4 members (excludes halogenated alkanes) is 4. The van der Waals surface area contributed by atoms with Crippen LogP contribution in [-0.2, 0) is 4.74 Å².